The van der Waals surface area contributed by atoms with Crippen LogP contribution in [0.25, 0.3) is 0 Å². The van der Waals surface area contributed by atoms with Crippen LogP contribution in [0.4, 0.5) is 5.69 Å². The second kappa shape index (κ2) is 4.82. The maximum Gasteiger partial charge on any atom is 0.222 e. The summed E-state index contributed by atoms with van der Waals surface area (Å²) >= 11 is 0. The highest BCUT2D eigenvalue weighted by Crippen LogP contribution is 2.20. The number of nitrogens with zero attached hydrogens (tertiary/aromatic N) is 1. The molecule has 0 heterocycles. The minimum atomic E-state index is 0.152. The number of amides is 1. The highest BCUT2D eigenvalue weighted by atomic mass is 16.2. The fraction of sp³-hybridized carbons (Fsp3) is 0.417. The monoisotopic (exact) mass is 206 g/mol. The van der Waals surface area contributed by atoms with Crippen LogP contribution in [-0.4, -0.2) is 24.9 Å². The maximum absolute atomic E-state index is 11.5. The number of benzene rings is 1. The van der Waals surface area contributed by atoms with Crippen molar-refractivity contribution in [3.8, 4) is 0 Å². The molecule has 0 aliphatic heterocycles. The summed E-state index contributed by atoms with van der Waals surface area (Å²) in [5.41, 5.74) is 7.51. The molecule has 0 bridgehead atoms. The summed E-state index contributed by atoms with van der Waals surface area (Å²) in [6.45, 7) is 2.05. The zero-order valence-electron chi connectivity index (χ0n) is 9.53. The lowest BCUT2D eigenvalue weighted by Gasteiger charge is -2.15. The third-order valence-electron chi connectivity index (χ3n) is 2.49. The van der Waals surface area contributed by atoms with Gasteiger partial charge in [-0.3, -0.25) is 4.79 Å². The van der Waals surface area contributed by atoms with Gasteiger partial charge in [0.15, 0.2) is 0 Å². The van der Waals surface area contributed by atoms with E-state index < -0.39 is 0 Å². The van der Waals surface area contributed by atoms with Gasteiger partial charge in [-0.2, -0.15) is 0 Å². The smallest absolute Gasteiger partial charge is 0.222 e. The predicted octanol–water partition coefficient (Wildman–Crippen LogP) is 1.85. The van der Waals surface area contributed by atoms with E-state index in [9.17, 15) is 4.79 Å². The molecule has 1 rings (SSSR count). The van der Waals surface area contributed by atoms with Gasteiger partial charge in [-0.1, -0.05) is 19.1 Å². The minimum Gasteiger partial charge on any atom is -0.399 e. The van der Waals surface area contributed by atoms with Crippen LogP contribution in [-0.2, 0) is 4.79 Å². The number of carbonyl (C=O) groups is 1. The van der Waals surface area contributed by atoms with Crippen LogP contribution in [0.2, 0.25) is 0 Å². The molecule has 0 radical (unpaired) electrons. The lowest BCUT2D eigenvalue weighted by Crippen LogP contribution is -2.22. The van der Waals surface area contributed by atoms with Gasteiger partial charge in [-0.05, 0) is 23.6 Å². The van der Waals surface area contributed by atoms with E-state index >= 15 is 0 Å². The van der Waals surface area contributed by atoms with Gasteiger partial charge < -0.3 is 10.6 Å². The predicted molar refractivity (Wildman–Crippen MR) is 62.6 cm³/mol. The van der Waals surface area contributed by atoms with Crippen molar-refractivity contribution in [1.29, 1.82) is 0 Å². The van der Waals surface area contributed by atoms with Gasteiger partial charge in [0.05, 0.1) is 0 Å². The average molecular weight is 206 g/mol. The Kier molecular flexibility index (Phi) is 3.72. The summed E-state index contributed by atoms with van der Waals surface area (Å²) in [7, 11) is 3.55. The molecule has 1 aromatic rings. The SMILES string of the molecule is CC(CC(=O)N(C)C)c1ccc(N)cc1. The van der Waals surface area contributed by atoms with Crippen LogP contribution in [0.15, 0.2) is 24.3 Å². The maximum atomic E-state index is 11.5. The summed E-state index contributed by atoms with van der Waals surface area (Å²) < 4.78 is 0. The summed E-state index contributed by atoms with van der Waals surface area (Å²) in [6, 6.07) is 7.68. The minimum absolute atomic E-state index is 0.152. The Labute approximate surface area is 90.9 Å². The van der Waals surface area contributed by atoms with Crippen molar-refractivity contribution in [2.75, 3.05) is 19.8 Å². The normalized spacial score (nSPS) is 12.2. The van der Waals surface area contributed by atoms with E-state index in [-0.39, 0.29) is 11.8 Å². The topological polar surface area (TPSA) is 46.3 Å². The van der Waals surface area contributed by atoms with Crippen molar-refractivity contribution in [3.05, 3.63) is 29.8 Å². The van der Waals surface area contributed by atoms with E-state index in [1.807, 2.05) is 31.2 Å². The van der Waals surface area contributed by atoms with E-state index in [0.717, 1.165) is 11.3 Å². The number of rotatable bonds is 3. The Hall–Kier alpha value is -1.51. The third kappa shape index (κ3) is 3.27. The van der Waals surface area contributed by atoms with E-state index in [4.69, 9.17) is 5.73 Å². The van der Waals surface area contributed by atoms with Crippen molar-refractivity contribution in [2.24, 2.45) is 0 Å². The van der Waals surface area contributed by atoms with Crippen LogP contribution < -0.4 is 5.73 Å². The lowest BCUT2D eigenvalue weighted by atomic mass is 9.97. The summed E-state index contributed by atoms with van der Waals surface area (Å²) in [5, 5.41) is 0. The molecule has 2 N–H and O–H groups in total. The molecule has 1 unspecified atom stereocenters. The van der Waals surface area contributed by atoms with Crippen LogP contribution in [0.5, 0.6) is 0 Å². The summed E-state index contributed by atoms with van der Waals surface area (Å²) in [5.74, 6) is 0.389. The fourth-order valence-electron chi connectivity index (χ4n) is 1.39. The Morgan fingerprint density at radius 3 is 2.33 bits per heavy atom. The number of hydrogen-bond acceptors (Lipinski definition) is 2. The number of carbonyl (C=O) groups excluding carboxylic acids is 1. The highest BCUT2D eigenvalue weighted by molar-refractivity contribution is 5.76. The van der Waals surface area contributed by atoms with Crippen LogP contribution in [0.3, 0.4) is 0 Å². The van der Waals surface area contributed by atoms with Crippen molar-refractivity contribution in [3.63, 3.8) is 0 Å². The molecule has 1 atom stereocenters. The molecule has 0 aromatic heterocycles. The van der Waals surface area contributed by atoms with Gasteiger partial charge in [0.1, 0.15) is 0 Å². The molecule has 0 aliphatic rings. The van der Waals surface area contributed by atoms with Gasteiger partial charge in [0.2, 0.25) is 5.91 Å². The van der Waals surface area contributed by atoms with E-state index in [1.54, 1.807) is 19.0 Å². The molecular weight excluding hydrogens is 188 g/mol. The van der Waals surface area contributed by atoms with Gasteiger partial charge in [0.25, 0.3) is 0 Å². The van der Waals surface area contributed by atoms with Gasteiger partial charge in [0, 0.05) is 26.2 Å². The van der Waals surface area contributed by atoms with E-state index in [0.29, 0.717) is 6.42 Å². The van der Waals surface area contributed by atoms with Gasteiger partial charge >= 0.3 is 0 Å². The number of anilines is 1. The molecule has 15 heavy (non-hydrogen) atoms. The fourth-order valence-corrected chi connectivity index (χ4v) is 1.39. The largest absolute Gasteiger partial charge is 0.399 e. The first kappa shape index (κ1) is 11.6. The quantitative estimate of drug-likeness (QED) is 0.767. The molecule has 3 nitrogen and oxygen atoms in total. The zero-order valence-corrected chi connectivity index (χ0v) is 9.53. The molecule has 0 spiro atoms. The molecule has 82 valence electrons. The number of nitrogens with two attached hydrogens (primary N) is 1. The second-order valence-corrected chi connectivity index (χ2v) is 4.06. The van der Waals surface area contributed by atoms with Gasteiger partial charge in [-0.15, -0.1) is 0 Å². The van der Waals surface area contributed by atoms with Gasteiger partial charge in [-0.25, -0.2) is 0 Å². The summed E-state index contributed by atoms with van der Waals surface area (Å²) in [6.07, 6.45) is 0.539. The Balaban J connectivity index is 2.65. The first-order valence-corrected chi connectivity index (χ1v) is 5.06. The molecule has 0 aliphatic carbocycles. The first-order chi connectivity index (χ1) is 7.00. The second-order valence-electron chi connectivity index (χ2n) is 4.06. The average Bonchev–Trinajstić information content (AvgIpc) is 2.18. The Bertz CT molecular complexity index is 330. The van der Waals surface area contributed by atoms with E-state index in [1.165, 1.54) is 0 Å². The molecule has 0 saturated carbocycles. The molecule has 1 amide bonds. The van der Waals surface area contributed by atoms with Crippen molar-refractivity contribution in [1.82, 2.24) is 4.90 Å². The van der Waals surface area contributed by atoms with Crippen molar-refractivity contribution >= 4 is 11.6 Å². The highest BCUT2D eigenvalue weighted by Gasteiger charge is 2.12. The van der Waals surface area contributed by atoms with Crippen molar-refractivity contribution < 1.29 is 4.79 Å². The zero-order chi connectivity index (χ0) is 11.4. The molecule has 0 fully saturated rings. The standard InChI is InChI=1S/C12H18N2O/c1-9(8-12(15)14(2)3)10-4-6-11(13)7-5-10/h4-7,9H,8,13H2,1-3H3. The van der Waals surface area contributed by atoms with Crippen molar-refractivity contribution in [2.45, 2.75) is 19.3 Å². The van der Waals surface area contributed by atoms with Crippen LogP contribution in [0, 0.1) is 0 Å². The molecular formula is C12H18N2O. The number of hydrogen-bond donors (Lipinski definition) is 1. The van der Waals surface area contributed by atoms with E-state index in [2.05, 4.69) is 0 Å². The molecule has 1 aromatic carbocycles. The Morgan fingerprint density at radius 2 is 1.87 bits per heavy atom. The molecule has 0 saturated heterocycles. The van der Waals surface area contributed by atoms with Crippen LogP contribution >= 0.6 is 0 Å². The Morgan fingerprint density at radius 1 is 1.33 bits per heavy atom. The van der Waals surface area contributed by atoms with Crippen LogP contribution in [0.1, 0.15) is 24.8 Å². The first-order valence-electron chi connectivity index (χ1n) is 5.06. The third-order valence-corrected chi connectivity index (χ3v) is 2.49. The lowest BCUT2D eigenvalue weighted by molar-refractivity contribution is -0.129. The number of nitrogen functional groups attached to an aromatic ring is 1. The molecule has 3 heteroatoms. The summed E-state index contributed by atoms with van der Waals surface area (Å²) in [4.78, 5) is 13.1.